The highest BCUT2D eigenvalue weighted by atomic mass is 16.1. The zero-order valence-electron chi connectivity index (χ0n) is 8.92. The first-order chi connectivity index (χ1) is 6.68. The molecule has 1 fully saturated rings. The normalized spacial score (nSPS) is 36.1. The van der Waals surface area contributed by atoms with Crippen LogP contribution in [0.2, 0.25) is 0 Å². The summed E-state index contributed by atoms with van der Waals surface area (Å²) in [5.74, 6) is 0.642. The summed E-state index contributed by atoms with van der Waals surface area (Å²) < 4.78 is 0. The summed E-state index contributed by atoms with van der Waals surface area (Å²) in [6, 6.07) is 0.707. The summed E-state index contributed by atoms with van der Waals surface area (Å²) in [7, 11) is 0. The van der Waals surface area contributed by atoms with Crippen LogP contribution in [-0.2, 0) is 4.79 Å². The van der Waals surface area contributed by atoms with E-state index in [2.05, 4.69) is 10.3 Å². The third-order valence-corrected chi connectivity index (χ3v) is 3.39. The number of hydrogen-bond acceptors (Lipinski definition) is 2. The van der Waals surface area contributed by atoms with Gasteiger partial charge >= 0.3 is 0 Å². The van der Waals surface area contributed by atoms with Crippen LogP contribution in [0.5, 0.6) is 0 Å². The van der Waals surface area contributed by atoms with Crippen molar-refractivity contribution in [3.05, 3.63) is 0 Å². The van der Waals surface area contributed by atoms with Crippen LogP contribution in [0.15, 0.2) is 4.99 Å². The van der Waals surface area contributed by atoms with Gasteiger partial charge < -0.3 is 5.32 Å². The van der Waals surface area contributed by atoms with E-state index in [0.717, 1.165) is 5.71 Å². The van der Waals surface area contributed by atoms with Crippen molar-refractivity contribution < 1.29 is 4.79 Å². The molecule has 0 radical (unpaired) electrons. The molecule has 3 nitrogen and oxygen atoms in total. The lowest BCUT2D eigenvalue weighted by atomic mass is 9.81. The van der Waals surface area contributed by atoms with Crippen molar-refractivity contribution in [1.82, 2.24) is 5.32 Å². The summed E-state index contributed by atoms with van der Waals surface area (Å²) in [4.78, 5) is 15.7. The molecule has 0 spiro atoms. The lowest BCUT2D eigenvalue weighted by Gasteiger charge is -2.28. The Labute approximate surface area is 85.0 Å². The summed E-state index contributed by atoms with van der Waals surface area (Å²) in [5.41, 5.74) is 1.12. The lowest BCUT2D eigenvalue weighted by Crippen LogP contribution is -2.44. The fraction of sp³-hybridized carbons (Fsp3) is 0.818. The van der Waals surface area contributed by atoms with Gasteiger partial charge in [0.1, 0.15) is 0 Å². The highest BCUT2D eigenvalue weighted by molar-refractivity contribution is 5.93. The molecular weight excluding hydrogens is 176 g/mol. The maximum Gasteiger partial charge on any atom is 0.217 e. The summed E-state index contributed by atoms with van der Waals surface area (Å²) in [6.07, 6.45) is 5.01. The average molecular weight is 194 g/mol. The first-order valence-electron chi connectivity index (χ1n) is 5.50. The fourth-order valence-corrected chi connectivity index (χ4v) is 2.77. The number of carbonyl (C=O) groups is 1. The van der Waals surface area contributed by atoms with E-state index in [1.54, 1.807) is 6.92 Å². The standard InChI is InChI=1S/C11H18N2O/c1-7-11(13-8(2)14)9-5-3-4-6-10(9)12-7/h9-11H,3-6H2,1-2H3,(H,13,14). The Kier molecular flexibility index (Phi) is 2.57. The highest BCUT2D eigenvalue weighted by Gasteiger charge is 2.38. The molecule has 1 N–H and O–H groups in total. The molecule has 78 valence electrons. The van der Waals surface area contributed by atoms with Crippen molar-refractivity contribution in [1.29, 1.82) is 0 Å². The Bertz CT molecular complexity index is 272. The van der Waals surface area contributed by atoms with E-state index in [1.165, 1.54) is 25.7 Å². The second kappa shape index (κ2) is 3.71. The van der Waals surface area contributed by atoms with Crippen LogP contribution in [0, 0.1) is 5.92 Å². The van der Waals surface area contributed by atoms with E-state index in [-0.39, 0.29) is 11.9 Å². The third-order valence-electron chi connectivity index (χ3n) is 3.39. The maximum atomic E-state index is 11.1. The van der Waals surface area contributed by atoms with E-state index in [4.69, 9.17) is 0 Å². The molecule has 1 aliphatic heterocycles. The van der Waals surface area contributed by atoms with E-state index in [0.29, 0.717) is 12.0 Å². The zero-order chi connectivity index (χ0) is 10.1. The van der Waals surface area contributed by atoms with E-state index in [9.17, 15) is 4.79 Å². The minimum Gasteiger partial charge on any atom is -0.348 e. The number of rotatable bonds is 1. The first-order valence-corrected chi connectivity index (χ1v) is 5.50. The van der Waals surface area contributed by atoms with Gasteiger partial charge in [-0.15, -0.1) is 0 Å². The molecule has 14 heavy (non-hydrogen) atoms. The Balaban J connectivity index is 2.09. The van der Waals surface area contributed by atoms with Gasteiger partial charge in [-0.25, -0.2) is 0 Å². The number of aliphatic imine (C=N–C) groups is 1. The van der Waals surface area contributed by atoms with Crippen molar-refractivity contribution in [3.8, 4) is 0 Å². The van der Waals surface area contributed by atoms with Gasteiger partial charge in [0.05, 0.1) is 12.1 Å². The molecule has 3 unspecified atom stereocenters. The van der Waals surface area contributed by atoms with Gasteiger partial charge in [-0.05, 0) is 19.8 Å². The van der Waals surface area contributed by atoms with Crippen LogP contribution >= 0.6 is 0 Å². The van der Waals surface area contributed by atoms with Crippen molar-refractivity contribution in [2.75, 3.05) is 0 Å². The van der Waals surface area contributed by atoms with Crippen LogP contribution in [0.4, 0.5) is 0 Å². The van der Waals surface area contributed by atoms with Gasteiger partial charge in [-0.3, -0.25) is 9.79 Å². The van der Waals surface area contributed by atoms with Crippen LogP contribution < -0.4 is 5.32 Å². The molecule has 3 heteroatoms. The zero-order valence-corrected chi connectivity index (χ0v) is 8.92. The summed E-state index contributed by atoms with van der Waals surface area (Å²) in [6.45, 7) is 3.63. The second-order valence-corrected chi connectivity index (χ2v) is 4.46. The topological polar surface area (TPSA) is 41.5 Å². The molecule has 0 aromatic rings. The van der Waals surface area contributed by atoms with Gasteiger partial charge in [-0.1, -0.05) is 12.8 Å². The smallest absolute Gasteiger partial charge is 0.217 e. The van der Waals surface area contributed by atoms with Crippen LogP contribution in [0.25, 0.3) is 0 Å². The molecule has 0 bridgehead atoms. The van der Waals surface area contributed by atoms with Gasteiger partial charge in [-0.2, -0.15) is 0 Å². The summed E-state index contributed by atoms with van der Waals surface area (Å²) in [5, 5.41) is 3.02. The predicted molar refractivity (Wildman–Crippen MR) is 56.5 cm³/mol. The molecule has 1 saturated carbocycles. The molecule has 0 saturated heterocycles. The molecule has 1 amide bonds. The molecule has 0 aromatic carbocycles. The molecule has 1 heterocycles. The predicted octanol–water partition coefficient (Wildman–Crippen LogP) is 1.52. The van der Waals surface area contributed by atoms with Gasteiger partial charge in [0, 0.05) is 18.6 Å². The molecule has 2 rings (SSSR count). The Hall–Kier alpha value is -0.860. The highest BCUT2D eigenvalue weighted by Crippen LogP contribution is 2.34. The summed E-state index contributed by atoms with van der Waals surface area (Å²) >= 11 is 0. The molecule has 3 atom stereocenters. The number of fused-ring (bicyclic) bond motifs is 1. The monoisotopic (exact) mass is 194 g/mol. The largest absolute Gasteiger partial charge is 0.348 e. The number of nitrogens with zero attached hydrogens (tertiary/aromatic N) is 1. The van der Waals surface area contributed by atoms with Crippen LogP contribution in [0.3, 0.4) is 0 Å². The Morgan fingerprint density at radius 2 is 2.14 bits per heavy atom. The number of nitrogens with one attached hydrogen (secondary N) is 1. The molecule has 2 aliphatic rings. The average Bonchev–Trinajstić information content (AvgIpc) is 2.43. The number of hydrogen-bond donors (Lipinski definition) is 1. The van der Waals surface area contributed by atoms with Crippen molar-refractivity contribution >= 4 is 11.6 Å². The third kappa shape index (κ3) is 1.68. The second-order valence-electron chi connectivity index (χ2n) is 4.46. The van der Waals surface area contributed by atoms with E-state index < -0.39 is 0 Å². The maximum absolute atomic E-state index is 11.1. The number of carbonyl (C=O) groups excluding carboxylic acids is 1. The van der Waals surface area contributed by atoms with Gasteiger partial charge in [0.2, 0.25) is 5.91 Å². The molecule has 1 aliphatic carbocycles. The van der Waals surface area contributed by atoms with Crippen LogP contribution in [0.1, 0.15) is 39.5 Å². The van der Waals surface area contributed by atoms with Crippen molar-refractivity contribution in [2.45, 2.75) is 51.6 Å². The lowest BCUT2D eigenvalue weighted by molar-refractivity contribution is -0.119. The quantitative estimate of drug-likeness (QED) is 0.675. The molecule has 0 aromatic heterocycles. The van der Waals surface area contributed by atoms with E-state index in [1.807, 2.05) is 6.92 Å². The van der Waals surface area contributed by atoms with Gasteiger partial charge in [0.15, 0.2) is 0 Å². The minimum absolute atomic E-state index is 0.0655. The Morgan fingerprint density at radius 3 is 2.86 bits per heavy atom. The van der Waals surface area contributed by atoms with E-state index >= 15 is 0 Å². The molecular formula is C11H18N2O. The SMILES string of the molecule is CC(=O)NC1C(C)=NC2CCCCC21. The number of amides is 1. The van der Waals surface area contributed by atoms with Crippen molar-refractivity contribution in [3.63, 3.8) is 0 Å². The fourth-order valence-electron chi connectivity index (χ4n) is 2.77. The Morgan fingerprint density at radius 1 is 1.43 bits per heavy atom. The van der Waals surface area contributed by atoms with Crippen molar-refractivity contribution in [2.24, 2.45) is 10.9 Å². The van der Waals surface area contributed by atoms with Gasteiger partial charge in [0.25, 0.3) is 0 Å². The van der Waals surface area contributed by atoms with Crippen LogP contribution in [-0.4, -0.2) is 23.7 Å². The first kappa shape index (κ1) is 9.69. The minimum atomic E-state index is 0.0655.